The van der Waals surface area contributed by atoms with E-state index in [1.165, 1.54) is 17.0 Å². The van der Waals surface area contributed by atoms with Gasteiger partial charge in [0.1, 0.15) is 0 Å². The average molecular weight is 264 g/mol. The van der Waals surface area contributed by atoms with Crippen LogP contribution in [0, 0.1) is 6.92 Å². The number of fused-ring (bicyclic) bond motifs is 1. The highest BCUT2D eigenvalue weighted by atomic mass is 16.3. The summed E-state index contributed by atoms with van der Waals surface area (Å²) in [6.45, 7) is 12.2. The van der Waals surface area contributed by atoms with Gasteiger partial charge in [-0.15, -0.1) is 0 Å². The molecule has 0 amide bonds. The SMILES string of the molecule is CCN(CC)CC(C)n1c(C)cc2c1CCCC2O. The van der Waals surface area contributed by atoms with Crippen molar-refractivity contribution in [2.45, 2.75) is 59.1 Å². The van der Waals surface area contributed by atoms with Gasteiger partial charge in [-0.2, -0.15) is 0 Å². The third-order valence-electron chi connectivity index (χ3n) is 4.48. The summed E-state index contributed by atoms with van der Waals surface area (Å²) in [5.41, 5.74) is 3.84. The van der Waals surface area contributed by atoms with Crippen molar-refractivity contribution < 1.29 is 5.11 Å². The molecule has 1 aromatic heterocycles. The van der Waals surface area contributed by atoms with Crippen LogP contribution in [0.15, 0.2) is 6.07 Å². The van der Waals surface area contributed by atoms with Crippen LogP contribution in [0.1, 0.15) is 62.7 Å². The summed E-state index contributed by atoms with van der Waals surface area (Å²) in [7, 11) is 0. The summed E-state index contributed by atoms with van der Waals surface area (Å²) in [5, 5.41) is 10.1. The lowest BCUT2D eigenvalue weighted by Crippen LogP contribution is -2.30. The third kappa shape index (κ3) is 2.87. The van der Waals surface area contributed by atoms with E-state index in [2.05, 4.69) is 43.2 Å². The summed E-state index contributed by atoms with van der Waals surface area (Å²) in [5.74, 6) is 0. The van der Waals surface area contributed by atoms with Gasteiger partial charge in [0.25, 0.3) is 0 Å². The number of aryl methyl sites for hydroxylation is 1. The lowest BCUT2D eigenvalue weighted by atomic mass is 9.95. The molecule has 0 bridgehead atoms. The van der Waals surface area contributed by atoms with E-state index in [0.29, 0.717) is 6.04 Å². The van der Waals surface area contributed by atoms with Gasteiger partial charge in [0.15, 0.2) is 0 Å². The lowest BCUT2D eigenvalue weighted by molar-refractivity contribution is 0.155. The highest BCUT2D eigenvalue weighted by Crippen LogP contribution is 2.34. The predicted octanol–water partition coefficient (Wildman–Crippen LogP) is 3.07. The van der Waals surface area contributed by atoms with Gasteiger partial charge in [-0.25, -0.2) is 0 Å². The number of likely N-dealkylation sites (N-methyl/N-ethyl adjacent to an activating group) is 1. The topological polar surface area (TPSA) is 28.4 Å². The van der Waals surface area contributed by atoms with Gasteiger partial charge >= 0.3 is 0 Å². The quantitative estimate of drug-likeness (QED) is 0.885. The minimum Gasteiger partial charge on any atom is -0.388 e. The Morgan fingerprint density at radius 3 is 2.74 bits per heavy atom. The molecule has 0 radical (unpaired) electrons. The normalized spacial score (nSPS) is 20.6. The van der Waals surface area contributed by atoms with E-state index in [1.807, 2.05) is 0 Å². The molecule has 3 heteroatoms. The molecule has 1 N–H and O–H groups in total. The van der Waals surface area contributed by atoms with Crippen molar-refractivity contribution in [3.05, 3.63) is 23.0 Å². The van der Waals surface area contributed by atoms with E-state index in [1.54, 1.807) is 0 Å². The molecule has 0 spiro atoms. The zero-order valence-electron chi connectivity index (χ0n) is 12.8. The maximum atomic E-state index is 10.1. The van der Waals surface area contributed by atoms with Crippen molar-refractivity contribution in [2.75, 3.05) is 19.6 Å². The second-order valence-corrected chi connectivity index (χ2v) is 5.80. The monoisotopic (exact) mass is 264 g/mol. The van der Waals surface area contributed by atoms with Gasteiger partial charge in [-0.3, -0.25) is 0 Å². The summed E-state index contributed by atoms with van der Waals surface area (Å²) in [6, 6.07) is 2.67. The molecular weight excluding hydrogens is 236 g/mol. The number of hydrogen-bond donors (Lipinski definition) is 1. The van der Waals surface area contributed by atoms with Crippen LogP contribution in [0.4, 0.5) is 0 Å². The van der Waals surface area contributed by atoms with Gasteiger partial charge < -0.3 is 14.6 Å². The Morgan fingerprint density at radius 2 is 2.11 bits per heavy atom. The fourth-order valence-corrected chi connectivity index (χ4v) is 3.45. The lowest BCUT2D eigenvalue weighted by Gasteiger charge is -2.28. The Balaban J connectivity index is 2.24. The number of hydrogen-bond acceptors (Lipinski definition) is 2. The third-order valence-corrected chi connectivity index (χ3v) is 4.48. The van der Waals surface area contributed by atoms with E-state index in [-0.39, 0.29) is 6.10 Å². The molecule has 0 aromatic carbocycles. The smallest absolute Gasteiger partial charge is 0.0807 e. The van der Waals surface area contributed by atoms with Crippen molar-refractivity contribution in [3.63, 3.8) is 0 Å². The van der Waals surface area contributed by atoms with E-state index in [4.69, 9.17) is 0 Å². The number of aliphatic hydroxyl groups excluding tert-OH is 1. The number of aromatic nitrogens is 1. The van der Waals surface area contributed by atoms with Crippen LogP contribution < -0.4 is 0 Å². The Hall–Kier alpha value is -0.800. The van der Waals surface area contributed by atoms with Gasteiger partial charge in [0.2, 0.25) is 0 Å². The zero-order chi connectivity index (χ0) is 14.0. The maximum absolute atomic E-state index is 10.1. The second-order valence-electron chi connectivity index (χ2n) is 5.80. The van der Waals surface area contributed by atoms with Crippen LogP contribution in [0.25, 0.3) is 0 Å². The summed E-state index contributed by atoms with van der Waals surface area (Å²) in [4.78, 5) is 2.47. The maximum Gasteiger partial charge on any atom is 0.0807 e. The van der Waals surface area contributed by atoms with E-state index < -0.39 is 0 Å². The van der Waals surface area contributed by atoms with Gasteiger partial charge in [-0.05, 0) is 52.3 Å². The van der Waals surface area contributed by atoms with Crippen molar-refractivity contribution in [1.29, 1.82) is 0 Å². The Bertz CT molecular complexity index is 421. The largest absolute Gasteiger partial charge is 0.388 e. The summed E-state index contributed by atoms with van der Waals surface area (Å²) in [6.07, 6.45) is 2.89. The standard InChI is InChI=1S/C16H28N2O/c1-5-17(6-2)11-13(4)18-12(3)10-14-15(18)8-7-9-16(14)19/h10,13,16,19H,5-9,11H2,1-4H3. The summed E-state index contributed by atoms with van der Waals surface area (Å²) < 4.78 is 2.45. The molecule has 2 atom stereocenters. The first-order chi connectivity index (χ1) is 9.08. The van der Waals surface area contributed by atoms with Crippen molar-refractivity contribution in [3.8, 4) is 0 Å². The molecule has 1 aromatic rings. The number of rotatable bonds is 5. The molecule has 0 fully saturated rings. The predicted molar refractivity (Wildman–Crippen MR) is 79.6 cm³/mol. The first kappa shape index (κ1) is 14.6. The number of aliphatic hydroxyl groups is 1. The van der Waals surface area contributed by atoms with Crippen LogP contribution in [-0.4, -0.2) is 34.2 Å². The van der Waals surface area contributed by atoms with Gasteiger partial charge in [0.05, 0.1) is 6.10 Å². The molecular formula is C16H28N2O. The molecule has 108 valence electrons. The van der Waals surface area contributed by atoms with Crippen LogP contribution in [0.2, 0.25) is 0 Å². The molecule has 0 saturated carbocycles. The Morgan fingerprint density at radius 1 is 1.42 bits per heavy atom. The molecule has 1 aliphatic carbocycles. The molecule has 2 unspecified atom stereocenters. The minimum atomic E-state index is -0.246. The molecule has 3 nitrogen and oxygen atoms in total. The number of nitrogens with zero attached hydrogens (tertiary/aromatic N) is 2. The Labute approximate surface area is 117 Å². The van der Waals surface area contributed by atoms with E-state index in [0.717, 1.165) is 38.9 Å². The van der Waals surface area contributed by atoms with Gasteiger partial charge in [0, 0.05) is 29.5 Å². The second kappa shape index (κ2) is 6.10. The van der Waals surface area contributed by atoms with E-state index in [9.17, 15) is 5.11 Å². The highest BCUT2D eigenvalue weighted by molar-refractivity contribution is 5.32. The van der Waals surface area contributed by atoms with Crippen LogP contribution in [0.5, 0.6) is 0 Å². The fourth-order valence-electron chi connectivity index (χ4n) is 3.45. The molecule has 19 heavy (non-hydrogen) atoms. The molecule has 1 aliphatic rings. The molecule has 0 saturated heterocycles. The zero-order valence-corrected chi connectivity index (χ0v) is 12.8. The first-order valence-corrected chi connectivity index (χ1v) is 7.69. The van der Waals surface area contributed by atoms with Crippen LogP contribution >= 0.6 is 0 Å². The van der Waals surface area contributed by atoms with Crippen LogP contribution in [-0.2, 0) is 6.42 Å². The Kier molecular flexibility index (Phi) is 4.69. The van der Waals surface area contributed by atoms with Crippen molar-refractivity contribution in [2.24, 2.45) is 0 Å². The first-order valence-electron chi connectivity index (χ1n) is 7.69. The van der Waals surface area contributed by atoms with Crippen molar-refractivity contribution in [1.82, 2.24) is 9.47 Å². The van der Waals surface area contributed by atoms with Gasteiger partial charge in [-0.1, -0.05) is 13.8 Å². The molecule has 1 heterocycles. The molecule has 2 rings (SSSR count). The summed E-state index contributed by atoms with van der Waals surface area (Å²) >= 11 is 0. The average Bonchev–Trinajstić information content (AvgIpc) is 2.73. The fraction of sp³-hybridized carbons (Fsp3) is 0.750. The minimum absolute atomic E-state index is 0.246. The molecule has 0 aliphatic heterocycles. The van der Waals surface area contributed by atoms with Crippen molar-refractivity contribution >= 4 is 0 Å². The van der Waals surface area contributed by atoms with E-state index >= 15 is 0 Å². The highest BCUT2D eigenvalue weighted by Gasteiger charge is 2.25. The van der Waals surface area contributed by atoms with Crippen LogP contribution in [0.3, 0.4) is 0 Å².